The van der Waals surface area contributed by atoms with Crippen LogP contribution in [0.15, 0.2) is 42.5 Å². The van der Waals surface area contributed by atoms with Crippen LogP contribution in [0.25, 0.3) is 0 Å². The lowest BCUT2D eigenvalue weighted by atomic mass is 9.79. The van der Waals surface area contributed by atoms with Gasteiger partial charge in [0, 0.05) is 22.2 Å². The molecule has 2 aromatic carbocycles. The number of fused-ring (bicyclic) bond motifs is 1. The molecule has 0 radical (unpaired) electrons. The number of aliphatic hydroxyl groups excluding tert-OH is 1. The molecule has 2 unspecified atom stereocenters. The molecule has 0 saturated heterocycles. The van der Waals surface area contributed by atoms with E-state index in [9.17, 15) is 28.2 Å². The van der Waals surface area contributed by atoms with Crippen LogP contribution >= 0.6 is 23.2 Å². The fourth-order valence-electron chi connectivity index (χ4n) is 3.79. The lowest BCUT2D eigenvalue weighted by Crippen LogP contribution is -2.54. The van der Waals surface area contributed by atoms with Gasteiger partial charge in [-0.05, 0) is 29.3 Å². The van der Waals surface area contributed by atoms with Gasteiger partial charge < -0.3 is 15.1 Å². The summed E-state index contributed by atoms with van der Waals surface area (Å²) in [6.45, 7) is -0.915. The molecule has 0 saturated carbocycles. The van der Waals surface area contributed by atoms with E-state index in [2.05, 4.69) is 4.72 Å². The molecule has 8 nitrogen and oxygen atoms in total. The maximum Gasteiger partial charge on any atom is 0.313 e. The summed E-state index contributed by atoms with van der Waals surface area (Å²) >= 11 is 12.4. The summed E-state index contributed by atoms with van der Waals surface area (Å²) in [6, 6.07) is 8.62. The Hall–Kier alpha value is -2.17. The highest BCUT2D eigenvalue weighted by molar-refractivity contribution is 7.88. The van der Waals surface area contributed by atoms with Crippen LogP contribution in [0.1, 0.15) is 33.4 Å². The smallest absolute Gasteiger partial charge is 0.313 e. The summed E-state index contributed by atoms with van der Waals surface area (Å²) < 4.78 is 25.5. The SMILES string of the molecule is CS(=O)(=O)NC[C@H](CO)N1C(=O)c2ccccc2C(C(=O)O)C1c1ccc(Cl)cc1Cl. The van der Waals surface area contributed by atoms with Gasteiger partial charge in [0.05, 0.1) is 24.9 Å². The minimum atomic E-state index is -3.63. The van der Waals surface area contributed by atoms with Crippen LogP contribution in [0.5, 0.6) is 0 Å². The monoisotopic (exact) mass is 486 g/mol. The van der Waals surface area contributed by atoms with E-state index in [0.29, 0.717) is 16.1 Å². The van der Waals surface area contributed by atoms with E-state index in [0.717, 1.165) is 6.26 Å². The standard InChI is InChI=1S/C20H20Cl2N2O6S/c1-31(29,30)23-9-12(10-25)24-18(15-7-6-11(21)8-16(15)22)17(20(27)28)13-4-2-3-5-14(13)19(24)26/h2-8,12,17-18,23,25H,9-10H2,1H3,(H,27,28)/t12-,17?,18?/m1/s1. The molecule has 0 fully saturated rings. The van der Waals surface area contributed by atoms with Gasteiger partial charge in [-0.2, -0.15) is 0 Å². The average molecular weight is 487 g/mol. The Labute approximate surface area is 189 Å². The number of sulfonamides is 1. The molecule has 1 amide bonds. The minimum Gasteiger partial charge on any atom is -0.481 e. The van der Waals surface area contributed by atoms with Crippen molar-refractivity contribution >= 4 is 45.1 Å². The van der Waals surface area contributed by atoms with Crippen LogP contribution in [-0.4, -0.2) is 60.9 Å². The number of carboxylic acids is 1. The molecule has 11 heteroatoms. The number of aliphatic hydroxyl groups is 1. The van der Waals surface area contributed by atoms with Crippen LogP contribution in [0, 0.1) is 0 Å². The fraction of sp³-hybridized carbons (Fsp3) is 0.300. The molecule has 0 bridgehead atoms. The Kier molecular flexibility index (Phi) is 6.92. The number of carbonyl (C=O) groups is 2. The third-order valence-electron chi connectivity index (χ3n) is 5.11. The Morgan fingerprint density at radius 1 is 1.19 bits per heavy atom. The zero-order valence-electron chi connectivity index (χ0n) is 16.3. The highest BCUT2D eigenvalue weighted by atomic mass is 35.5. The predicted molar refractivity (Wildman–Crippen MR) is 116 cm³/mol. The van der Waals surface area contributed by atoms with Crippen LogP contribution in [0.2, 0.25) is 10.0 Å². The molecular weight excluding hydrogens is 467 g/mol. The molecule has 166 valence electrons. The largest absolute Gasteiger partial charge is 0.481 e. The van der Waals surface area contributed by atoms with E-state index in [1.54, 1.807) is 18.2 Å². The summed E-state index contributed by atoms with van der Waals surface area (Å²) in [5.74, 6) is -2.95. The van der Waals surface area contributed by atoms with Crippen molar-refractivity contribution in [2.24, 2.45) is 0 Å². The first kappa shape index (κ1) is 23.5. The number of hydrogen-bond acceptors (Lipinski definition) is 5. The molecule has 0 spiro atoms. The molecule has 3 N–H and O–H groups in total. The average Bonchev–Trinajstić information content (AvgIpc) is 2.68. The van der Waals surface area contributed by atoms with Crippen molar-refractivity contribution in [3.05, 3.63) is 69.2 Å². The molecule has 1 aliphatic heterocycles. The van der Waals surface area contributed by atoms with Gasteiger partial charge in [0.15, 0.2) is 0 Å². The molecule has 2 aromatic rings. The first-order chi connectivity index (χ1) is 14.5. The topological polar surface area (TPSA) is 124 Å². The van der Waals surface area contributed by atoms with Crippen molar-refractivity contribution in [3.8, 4) is 0 Å². The minimum absolute atomic E-state index is 0.147. The fourth-order valence-corrected chi connectivity index (χ4v) is 4.80. The lowest BCUT2D eigenvalue weighted by Gasteiger charge is -2.44. The van der Waals surface area contributed by atoms with E-state index < -0.39 is 46.5 Å². The number of nitrogens with zero attached hydrogens (tertiary/aromatic N) is 1. The number of nitrogens with one attached hydrogen (secondary N) is 1. The van der Waals surface area contributed by atoms with Crippen molar-refractivity contribution in [1.29, 1.82) is 0 Å². The molecular formula is C20H20Cl2N2O6S. The van der Waals surface area contributed by atoms with Gasteiger partial charge in [0.2, 0.25) is 10.0 Å². The zero-order chi connectivity index (χ0) is 22.9. The molecule has 0 aromatic heterocycles. The second-order valence-corrected chi connectivity index (χ2v) is 9.86. The number of aliphatic carboxylic acids is 1. The summed E-state index contributed by atoms with van der Waals surface area (Å²) in [4.78, 5) is 27.0. The van der Waals surface area contributed by atoms with E-state index in [-0.39, 0.29) is 17.1 Å². The van der Waals surface area contributed by atoms with Crippen LogP contribution in [-0.2, 0) is 14.8 Å². The van der Waals surface area contributed by atoms with Crippen LogP contribution in [0.4, 0.5) is 0 Å². The quantitative estimate of drug-likeness (QED) is 0.551. The van der Waals surface area contributed by atoms with Gasteiger partial charge in [0.25, 0.3) is 5.91 Å². The number of hydrogen-bond donors (Lipinski definition) is 3. The summed E-state index contributed by atoms with van der Waals surface area (Å²) in [5, 5.41) is 20.6. The Morgan fingerprint density at radius 2 is 1.87 bits per heavy atom. The van der Waals surface area contributed by atoms with Gasteiger partial charge in [-0.25, -0.2) is 13.1 Å². The van der Waals surface area contributed by atoms with Gasteiger partial charge in [-0.15, -0.1) is 0 Å². The normalized spacial score (nSPS) is 19.7. The van der Waals surface area contributed by atoms with Gasteiger partial charge >= 0.3 is 5.97 Å². The van der Waals surface area contributed by atoms with E-state index in [4.69, 9.17) is 23.2 Å². The van der Waals surface area contributed by atoms with Crippen LogP contribution < -0.4 is 4.72 Å². The Bertz CT molecular complexity index is 1120. The summed E-state index contributed by atoms with van der Waals surface area (Å²) in [7, 11) is -3.63. The zero-order valence-corrected chi connectivity index (χ0v) is 18.7. The summed E-state index contributed by atoms with van der Waals surface area (Å²) in [5.41, 5.74) is 0.785. The maximum atomic E-state index is 13.4. The predicted octanol–water partition coefficient (Wildman–Crippen LogP) is 2.27. The molecule has 31 heavy (non-hydrogen) atoms. The van der Waals surface area contributed by atoms with Crippen molar-refractivity contribution in [2.75, 3.05) is 19.4 Å². The van der Waals surface area contributed by atoms with Crippen LogP contribution in [0.3, 0.4) is 0 Å². The third-order valence-corrected chi connectivity index (χ3v) is 6.36. The highest BCUT2D eigenvalue weighted by Gasteiger charge is 2.47. The summed E-state index contributed by atoms with van der Waals surface area (Å²) in [6.07, 6.45) is 0.947. The number of rotatable bonds is 7. The second-order valence-electron chi connectivity index (χ2n) is 7.18. The highest BCUT2D eigenvalue weighted by Crippen LogP contribution is 2.46. The number of carbonyl (C=O) groups excluding carboxylic acids is 1. The van der Waals surface area contributed by atoms with Crippen molar-refractivity contribution in [2.45, 2.75) is 18.0 Å². The third kappa shape index (κ3) is 4.86. The lowest BCUT2D eigenvalue weighted by molar-refractivity contribution is -0.141. The van der Waals surface area contributed by atoms with Gasteiger partial charge in [-0.1, -0.05) is 47.5 Å². The van der Waals surface area contributed by atoms with Gasteiger partial charge in [-0.3, -0.25) is 9.59 Å². The first-order valence-electron chi connectivity index (χ1n) is 9.20. The number of carboxylic acid groups (broad SMARTS) is 1. The number of amides is 1. The van der Waals surface area contributed by atoms with E-state index in [1.807, 2.05) is 0 Å². The Morgan fingerprint density at radius 3 is 2.45 bits per heavy atom. The first-order valence-corrected chi connectivity index (χ1v) is 11.8. The van der Waals surface area contributed by atoms with Crippen molar-refractivity contribution in [1.82, 2.24) is 9.62 Å². The number of halogens is 2. The molecule has 0 aliphatic carbocycles. The molecule has 3 atom stereocenters. The molecule has 1 aliphatic rings. The van der Waals surface area contributed by atoms with Crippen molar-refractivity contribution in [3.63, 3.8) is 0 Å². The van der Waals surface area contributed by atoms with E-state index >= 15 is 0 Å². The van der Waals surface area contributed by atoms with Crippen molar-refractivity contribution < 1.29 is 28.2 Å². The molecule has 3 rings (SSSR count). The van der Waals surface area contributed by atoms with Gasteiger partial charge in [0.1, 0.15) is 5.92 Å². The maximum absolute atomic E-state index is 13.4. The van der Waals surface area contributed by atoms with E-state index in [1.165, 1.54) is 29.2 Å². The molecule has 1 heterocycles. The number of benzene rings is 2. The second kappa shape index (κ2) is 9.13. The Balaban J connectivity index is 2.23.